The predicted octanol–water partition coefficient (Wildman–Crippen LogP) is 1.41. The molecule has 1 aromatic heterocycles. The minimum absolute atomic E-state index is 0.114. The second-order valence-electron chi connectivity index (χ2n) is 4.38. The molecule has 2 heterocycles. The molecular formula is C11H15NO3S. The lowest BCUT2D eigenvalue weighted by Crippen LogP contribution is -2.25. The minimum atomic E-state index is -0.940. The smallest absolute Gasteiger partial charge is 0.256 e. The molecule has 5 heteroatoms. The Morgan fingerprint density at radius 1 is 1.50 bits per heavy atom. The Hall–Kier alpha value is -1.07. The van der Waals surface area contributed by atoms with Crippen LogP contribution >= 0.6 is 11.3 Å². The topological polar surface area (TPSA) is 58.6 Å². The van der Waals surface area contributed by atoms with E-state index >= 15 is 0 Å². The van der Waals surface area contributed by atoms with Crippen molar-refractivity contribution < 1.29 is 14.6 Å². The number of thiophene rings is 1. The van der Waals surface area contributed by atoms with Crippen molar-refractivity contribution in [2.24, 2.45) is 0 Å². The first-order valence-electron chi connectivity index (χ1n) is 5.18. The Morgan fingerprint density at radius 3 is 2.81 bits per heavy atom. The molecule has 1 aliphatic heterocycles. The molecule has 1 amide bonds. The van der Waals surface area contributed by atoms with Crippen molar-refractivity contribution >= 4 is 17.2 Å². The number of fused-ring (bicyclic) bond motifs is 1. The van der Waals surface area contributed by atoms with Gasteiger partial charge in [0.25, 0.3) is 5.91 Å². The molecule has 1 aromatic rings. The lowest BCUT2D eigenvalue weighted by atomic mass is 10.0. The van der Waals surface area contributed by atoms with Gasteiger partial charge in [-0.2, -0.15) is 0 Å². The molecule has 0 saturated heterocycles. The van der Waals surface area contributed by atoms with Crippen molar-refractivity contribution in [2.75, 3.05) is 13.2 Å². The standard InChI is InChI=1S/C11H15NO3S/c1-6-7-9(13)12-4-5-15-10(7)16-8(6)11(2,3)14/h14H,4-5H2,1-3H3,(H,12,13). The highest BCUT2D eigenvalue weighted by Crippen LogP contribution is 2.41. The molecule has 0 aliphatic carbocycles. The molecule has 4 nitrogen and oxygen atoms in total. The van der Waals surface area contributed by atoms with Gasteiger partial charge < -0.3 is 15.2 Å². The third kappa shape index (κ3) is 1.81. The molecule has 0 aromatic carbocycles. The van der Waals surface area contributed by atoms with Gasteiger partial charge in [-0.15, -0.1) is 11.3 Å². The fourth-order valence-electron chi connectivity index (χ4n) is 1.83. The Balaban J connectivity index is 2.56. The van der Waals surface area contributed by atoms with Crippen LogP contribution in [0.5, 0.6) is 5.06 Å². The van der Waals surface area contributed by atoms with Gasteiger partial charge in [0.2, 0.25) is 0 Å². The summed E-state index contributed by atoms with van der Waals surface area (Å²) in [6.07, 6.45) is 0. The molecule has 0 radical (unpaired) electrons. The van der Waals surface area contributed by atoms with Crippen LogP contribution in [0, 0.1) is 6.92 Å². The van der Waals surface area contributed by atoms with Crippen LogP contribution < -0.4 is 10.1 Å². The highest BCUT2D eigenvalue weighted by molar-refractivity contribution is 7.14. The second-order valence-corrected chi connectivity index (χ2v) is 5.37. The van der Waals surface area contributed by atoms with E-state index in [4.69, 9.17) is 4.74 Å². The Labute approximate surface area is 98.2 Å². The van der Waals surface area contributed by atoms with E-state index in [1.54, 1.807) is 13.8 Å². The van der Waals surface area contributed by atoms with E-state index in [2.05, 4.69) is 5.32 Å². The number of aliphatic hydroxyl groups is 1. The van der Waals surface area contributed by atoms with Gasteiger partial charge in [0.15, 0.2) is 5.06 Å². The number of ether oxygens (including phenoxy) is 1. The van der Waals surface area contributed by atoms with Crippen LogP contribution in [0.3, 0.4) is 0 Å². The number of nitrogens with one attached hydrogen (secondary N) is 1. The maximum absolute atomic E-state index is 11.8. The zero-order valence-corrected chi connectivity index (χ0v) is 10.4. The van der Waals surface area contributed by atoms with Gasteiger partial charge >= 0.3 is 0 Å². The number of carbonyl (C=O) groups is 1. The minimum Gasteiger partial charge on any atom is -0.481 e. The van der Waals surface area contributed by atoms with Gasteiger partial charge in [-0.3, -0.25) is 4.79 Å². The molecule has 1 aliphatic rings. The van der Waals surface area contributed by atoms with E-state index in [0.717, 1.165) is 10.4 Å². The van der Waals surface area contributed by atoms with Gasteiger partial charge in [0, 0.05) is 4.88 Å². The van der Waals surface area contributed by atoms with Crippen molar-refractivity contribution in [3.05, 3.63) is 16.0 Å². The Kier molecular flexibility index (Phi) is 2.67. The van der Waals surface area contributed by atoms with E-state index in [0.29, 0.717) is 23.8 Å². The number of amides is 1. The zero-order valence-electron chi connectivity index (χ0n) is 9.59. The van der Waals surface area contributed by atoms with E-state index in [1.165, 1.54) is 11.3 Å². The van der Waals surface area contributed by atoms with Crippen LogP contribution in [0.15, 0.2) is 0 Å². The van der Waals surface area contributed by atoms with E-state index in [-0.39, 0.29) is 5.91 Å². The van der Waals surface area contributed by atoms with Gasteiger partial charge in [0.05, 0.1) is 17.7 Å². The molecule has 0 fully saturated rings. The average molecular weight is 241 g/mol. The van der Waals surface area contributed by atoms with Gasteiger partial charge in [-0.25, -0.2) is 0 Å². The summed E-state index contributed by atoms with van der Waals surface area (Å²) in [5.41, 5.74) is 0.441. The van der Waals surface area contributed by atoms with Crippen LogP contribution in [-0.2, 0) is 5.60 Å². The first kappa shape index (κ1) is 11.4. The SMILES string of the molecule is Cc1c(C(C)(C)O)sc2c1C(=O)NCCO2. The summed E-state index contributed by atoms with van der Waals surface area (Å²) >= 11 is 1.35. The first-order valence-corrected chi connectivity index (χ1v) is 6.00. The Bertz CT molecular complexity index is 431. The lowest BCUT2D eigenvalue weighted by molar-refractivity contribution is 0.0818. The zero-order chi connectivity index (χ0) is 11.9. The molecule has 0 saturated carbocycles. The predicted molar refractivity (Wildman–Crippen MR) is 62.1 cm³/mol. The molecule has 0 bridgehead atoms. The largest absolute Gasteiger partial charge is 0.481 e. The highest BCUT2D eigenvalue weighted by Gasteiger charge is 2.30. The summed E-state index contributed by atoms with van der Waals surface area (Å²) in [5, 5.41) is 13.4. The van der Waals surface area contributed by atoms with Crippen LogP contribution in [0.4, 0.5) is 0 Å². The fourth-order valence-corrected chi connectivity index (χ4v) is 3.01. The third-order valence-electron chi connectivity index (χ3n) is 2.52. The lowest BCUT2D eigenvalue weighted by Gasteiger charge is -2.16. The van der Waals surface area contributed by atoms with Crippen molar-refractivity contribution in [3.8, 4) is 5.06 Å². The summed E-state index contributed by atoms with van der Waals surface area (Å²) in [5.74, 6) is -0.114. The van der Waals surface area contributed by atoms with Crippen LogP contribution in [0.1, 0.15) is 34.6 Å². The maximum Gasteiger partial charge on any atom is 0.256 e. The number of carbonyl (C=O) groups excluding carboxylic acids is 1. The van der Waals surface area contributed by atoms with Crippen molar-refractivity contribution in [3.63, 3.8) is 0 Å². The van der Waals surface area contributed by atoms with E-state index in [9.17, 15) is 9.90 Å². The van der Waals surface area contributed by atoms with Gasteiger partial charge in [-0.05, 0) is 26.3 Å². The summed E-state index contributed by atoms with van der Waals surface area (Å²) in [6, 6.07) is 0. The maximum atomic E-state index is 11.8. The van der Waals surface area contributed by atoms with Crippen molar-refractivity contribution in [1.82, 2.24) is 5.32 Å². The highest BCUT2D eigenvalue weighted by atomic mass is 32.1. The Morgan fingerprint density at radius 2 is 2.19 bits per heavy atom. The first-order chi connectivity index (χ1) is 7.41. The normalized spacial score (nSPS) is 16.1. The number of hydrogen-bond acceptors (Lipinski definition) is 4. The molecule has 16 heavy (non-hydrogen) atoms. The summed E-state index contributed by atoms with van der Waals surface area (Å²) in [6.45, 7) is 6.27. The molecule has 2 N–H and O–H groups in total. The van der Waals surface area contributed by atoms with Gasteiger partial charge in [-0.1, -0.05) is 0 Å². The fraction of sp³-hybridized carbons (Fsp3) is 0.545. The monoisotopic (exact) mass is 241 g/mol. The second kappa shape index (κ2) is 3.75. The molecule has 0 spiro atoms. The van der Waals surface area contributed by atoms with Crippen LogP contribution in [-0.4, -0.2) is 24.2 Å². The van der Waals surface area contributed by atoms with Gasteiger partial charge in [0.1, 0.15) is 6.61 Å². The molecule has 88 valence electrons. The van der Waals surface area contributed by atoms with Crippen LogP contribution in [0.2, 0.25) is 0 Å². The molecule has 2 rings (SSSR count). The third-order valence-corrected chi connectivity index (χ3v) is 4.04. The van der Waals surface area contributed by atoms with E-state index in [1.807, 2.05) is 6.92 Å². The number of rotatable bonds is 1. The quantitative estimate of drug-likeness (QED) is 0.781. The number of hydrogen-bond donors (Lipinski definition) is 2. The summed E-state index contributed by atoms with van der Waals surface area (Å²) in [4.78, 5) is 12.6. The summed E-state index contributed by atoms with van der Waals surface area (Å²) < 4.78 is 5.50. The van der Waals surface area contributed by atoms with Crippen molar-refractivity contribution in [1.29, 1.82) is 0 Å². The molecular weight excluding hydrogens is 226 g/mol. The average Bonchev–Trinajstić information content (AvgIpc) is 2.37. The molecule has 0 unspecified atom stereocenters. The van der Waals surface area contributed by atoms with E-state index < -0.39 is 5.60 Å². The summed E-state index contributed by atoms with van der Waals surface area (Å²) in [7, 11) is 0. The van der Waals surface area contributed by atoms with Crippen LogP contribution in [0.25, 0.3) is 0 Å². The van der Waals surface area contributed by atoms with Crippen molar-refractivity contribution in [2.45, 2.75) is 26.4 Å². The molecule has 0 atom stereocenters.